The lowest BCUT2D eigenvalue weighted by atomic mass is 9.98. The molecule has 0 saturated carbocycles. The molecule has 0 N–H and O–H groups in total. The van der Waals surface area contributed by atoms with Crippen LogP contribution in [0.5, 0.6) is 0 Å². The average Bonchev–Trinajstić information content (AvgIpc) is 1.84. The van der Waals surface area contributed by atoms with E-state index in [4.69, 9.17) is 4.74 Å². The third-order valence-corrected chi connectivity index (χ3v) is 2.85. The van der Waals surface area contributed by atoms with E-state index in [1.165, 1.54) is 11.8 Å². The molecule has 1 aliphatic rings. The molecule has 4 heteroatoms. The van der Waals surface area contributed by atoms with Gasteiger partial charge in [-0.1, -0.05) is 11.8 Å². The van der Waals surface area contributed by atoms with Crippen LogP contribution in [0.2, 0.25) is 0 Å². The molecule has 0 atom stereocenters. The largest absolute Gasteiger partial charge is 0.376 e. The summed E-state index contributed by atoms with van der Waals surface area (Å²) in [5.74, 6) is 0. The third kappa shape index (κ3) is 1.30. The zero-order chi connectivity index (χ0) is 8.48. The van der Waals surface area contributed by atoms with Gasteiger partial charge in [0.05, 0.1) is 13.2 Å². The zero-order valence-corrected chi connectivity index (χ0v) is 7.90. The maximum Gasteiger partial charge on any atom is 0.213 e. The fourth-order valence-electron chi connectivity index (χ4n) is 1.04. The van der Waals surface area contributed by atoms with E-state index in [1.807, 2.05) is 25.3 Å². The van der Waals surface area contributed by atoms with Gasteiger partial charge in [0.2, 0.25) is 5.12 Å². The van der Waals surface area contributed by atoms with Gasteiger partial charge in [-0.05, 0) is 20.4 Å². The molecule has 0 amide bonds. The number of hydrogen-bond donors (Lipinski definition) is 0. The van der Waals surface area contributed by atoms with Crippen LogP contribution in [0.15, 0.2) is 0 Å². The summed E-state index contributed by atoms with van der Waals surface area (Å²) >= 11 is 1.28. The molecule has 1 heterocycles. The minimum atomic E-state index is -0.334. The Hall–Kier alpha value is -0.0600. The summed E-state index contributed by atoms with van der Waals surface area (Å²) in [6, 6.07) is 0. The molecule has 1 rings (SSSR count). The summed E-state index contributed by atoms with van der Waals surface area (Å²) in [5, 5.41) is 0.203. The van der Waals surface area contributed by atoms with Crippen molar-refractivity contribution < 1.29 is 9.53 Å². The molecule has 0 bridgehead atoms. The van der Waals surface area contributed by atoms with Crippen LogP contribution in [0.25, 0.3) is 0 Å². The van der Waals surface area contributed by atoms with Crippen molar-refractivity contribution in [2.45, 2.75) is 5.54 Å². The SMILES string of the molecule is CSC(=O)C1(N(C)C)COC1. The van der Waals surface area contributed by atoms with Crippen LogP contribution in [-0.4, -0.2) is 49.1 Å². The predicted molar refractivity (Wildman–Crippen MR) is 45.8 cm³/mol. The molecular weight excluding hydrogens is 162 g/mol. The monoisotopic (exact) mass is 175 g/mol. The van der Waals surface area contributed by atoms with Crippen molar-refractivity contribution in [2.75, 3.05) is 33.6 Å². The molecular formula is C7H13NO2S. The van der Waals surface area contributed by atoms with Crippen LogP contribution in [0.3, 0.4) is 0 Å². The van der Waals surface area contributed by atoms with Crippen LogP contribution >= 0.6 is 11.8 Å². The number of ether oxygens (including phenoxy) is 1. The van der Waals surface area contributed by atoms with Crippen molar-refractivity contribution >= 4 is 16.9 Å². The van der Waals surface area contributed by atoms with E-state index in [1.54, 1.807) is 0 Å². The molecule has 1 saturated heterocycles. The highest BCUT2D eigenvalue weighted by molar-refractivity contribution is 8.13. The number of likely N-dealkylation sites (N-methyl/N-ethyl adjacent to an activating group) is 1. The second-order valence-electron chi connectivity index (χ2n) is 2.91. The molecule has 64 valence electrons. The maximum absolute atomic E-state index is 11.4. The van der Waals surface area contributed by atoms with Crippen molar-refractivity contribution in [3.63, 3.8) is 0 Å². The minimum absolute atomic E-state index is 0.203. The van der Waals surface area contributed by atoms with E-state index in [0.29, 0.717) is 13.2 Å². The lowest BCUT2D eigenvalue weighted by Gasteiger charge is -2.44. The van der Waals surface area contributed by atoms with Crippen LogP contribution in [0.4, 0.5) is 0 Å². The second kappa shape index (κ2) is 3.13. The molecule has 1 aliphatic heterocycles. The number of carbonyl (C=O) groups is 1. The molecule has 0 radical (unpaired) electrons. The Balaban J connectivity index is 2.67. The van der Waals surface area contributed by atoms with Crippen LogP contribution in [-0.2, 0) is 9.53 Å². The van der Waals surface area contributed by atoms with Crippen LogP contribution in [0, 0.1) is 0 Å². The highest BCUT2D eigenvalue weighted by Crippen LogP contribution is 2.27. The first-order valence-electron chi connectivity index (χ1n) is 3.47. The van der Waals surface area contributed by atoms with Gasteiger partial charge in [-0.3, -0.25) is 9.69 Å². The van der Waals surface area contributed by atoms with Gasteiger partial charge in [0, 0.05) is 0 Å². The number of nitrogens with zero attached hydrogens (tertiary/aromatic N) is 1. The summed E-state index contributed by atoms with van der Waals surface area (Å²) in [7, 11) is 3.83. The quantitative estimate of drug-likeness (QED) is 0.600. The molecule has 0 unspecified atom stereocenters. The molecule has 1 fully saturated rings. The first-order valence-corrected chi connectivity index (χ1v) is 4.69. The maximum atomic E-state index is 11.4. The van der Waals surface area contributed by atoms with Gasteiger partial charge >= 0.3 is 0 Å². The molecule has 3 nitrogen and oxygen atoms in total. The summed E-state index contributed by atoms with van der Waals surface area (Å²) < 4.78 is 5.05. The first-order chi connectivity index (χ1) is 5.13. The van der Waals surface area contributed by atoms with Crippen LogP contribution in [0.1, 0.15) is 0 Å². The van der Waals surface area contributed by atoms with E-state index >= 15 is 0 Å². The Bertz CT molecular complexity index is 166. The Labute approximate surface area is 71.1 Å². The minimum Gasteiger partial charge on any atom is -0.376 e. The van der Waals surface area contributed by atoms with Crippen LogP contribution < -0.4 is 0 Å². The fourth-order valence-corrected chi connectivity index (χ4v) is 1.72. The highest BCUT2D eigenvalue weighted by Gasteiger charge is 2.47. The molecule has 0 spiro atoms. The molecule has 0 aliphatic carbocycles. The zero-order valence-electron chi connectivity index (χ0n) is 7.09. The van der Waals surface area contributed by atoms with E-state index in [-0.39, 0.29) is 10.7 Å². The molecule has 0 aromatic carbocycles. The first kappa shape index (κ1) is 9.03. The van der Waals surface area contributed by atoms with Gasteiger partial charge in [-0.25, -0.2) is 0 Å². The van der Waals surface area contributed by atoms with Gasteiger partial charge in [0.25, 0.3) is 0 Å². The lowest BCUT2D eigenvalue weighted by Crippen LogP contribution is -2.63. The summed E-state index contributed by atoms with van der Waals surface area (Å²) in [6.45, 7) is 1.08. The molecule has 0 aromatic heterocycles. The van der Waals surface area contributed by atoms with Crippen molar-refractivity contribution in [3.05, 3.63) is 0 Å². The Morgan fingerprint density at radius 1 is 1.55 bits per heavy atom. The van der Waals surface area contributed by atoms with Crippen molar-refractivity contribution in [1.29, 1.82) is 0 Å². The number of thioether (sulfide) groups is 1. The number of hydrogen-bond acceptors (Lipinski definition) is 4. The van der Waals surface area contributed by atoms with Crippen molar-refractivity contribution in [2.24, 2.45) is 0 Å². The van der Waals surface area contributed by atoms with Gasteiger partial charge < -0.3 is 4.74 Å². The van der Waals surface area contributed by atoms with E-state index < -0.39 is 0 Å². The molecule has 11 heavy (non-hydrogen) atoms. The predicted octanol–water partition coefficient (Wildman–Crippen LogP) is 0.207. The smallest absolute Gasteiger partial charge is 0.213 e. The Morgan fingerprint density at radius 2 is 2.09 bits per heavy atom. The summed E-state index contributed by atoms with van der Waals surface area (Å²) in [6.07, 6.45) is 1.81. The second-order valence-corrected chi connectivity index (χ2v) is 3.69. The molecule has 0 aromatic rings. The lowest BCUT2D eigenvalue weighted by molar-refractivity contribution is -0.152. The Morgan fingerprint density at radius 3 is 2.18 bits per heavy atom. The highest BCUT2D eigenvalue weighted by atomic mass is 32.2. The van der Waals surface area contributed by atoms with E-state index in [0.717, 1.165) is 0 Å². The van der Waals surface area contributed by atoms with Gasteiger partial charge in [-0.15, -0.1) is 0 Å². The van der Waals surface area contributed by atoms with Gasteiger partial charge in [0.1, 0.15) is 5.54 Å². The van der Waals surface area contributed by atoms with E-state index in [9.17, 15) is 4.79 Å². The average molecular weight is 175 g/mol. The van der Waals surface area contributed by atoms with E-state index in [2.05, 4.69) is 0 Å². The van der Waals surface area contributed by atoms with Crippen molar-refractivity contribution in [1.82, 2.24) is 4.90 Å². The fraction of sp³-hybridized carbons (Fsp3) is 0.857. The summed E-state index contributed by atoms with van der Waals surface area (Å²) in [4.78, 5) is 13.3. The third-order valence-electron chi connectivity index (χ3n) is 2.10. The number of carbonyl (C=O) groups excluding carboxylic acids is 1. The van der Waals surface area contributed by atoms with Gasteiger partial charge in [0.15, 0.2) is 0 Å². The van der Waals surface area contributed by atoms with Gasteiger partial charge in [-0.2, -0.15) is 0 Å². The topological polar surface area (TPSA) is 29.5 Å². The normalized spacial score (nSPS) is 21.5. The number of rotatable bonds is 2. The summed E-state index contributed by atoms with van der Waals surface area (Å²) in [5.41, 5.74) is -0.334. The Kier molecular flexibility index (Phi) is 2.57. The van der Waals surface area contributed by atoms with Crippen molar-refractivity contribution in [3.8, 4) is 0 Å². The standard InChI is InChI=1S/C7H13NO2S/c1-8(2)7(4-10-5-7)6(9)11-3/h4-5H2,1-3H3.